The number of aromatic hydroxyl groups is 1. The number of amides is 1. The summed E-state index contributed by atoms with van der Waals surface area (Å²) in [6.45, 7) is 0. The van der Waals surface area contributed by atoms with Crippen LogP contribution in [0.25, 0.3) is 0 Å². The maximum atomic E-state index is 11.7. The van der Waals surface area contributed by atoms with Crippen molar-refractivity contribution in [2.45, 2.75) is 12.8 Å². The lowest BCUT2D eigenvalue weighted by atomic mass is 10.2. The SMILES string of the molecule is CN(C(=O)C1CC1)c1cccc(O)c1. The minimum atomic E-state index is 0.149. The van der Waals surface area contributed by atoms with Gasteiger partial charge in [-0.2, -0.15) is 0 Å². The summed E-state index contributed by atoms with van der Waals surface area (Å²) < 4.78 is 0. The van der Waals surface area contributed by atoms with Gasteiger partial charge in [-0.25, -0.2) is 0 Å². The Labute approximate surface area is 83.0 Å². The molecule has 1 aromatic rings. The lowest BCUT2D eigenvalue weighted by molar-refractivity contribution is -0.119. The van der Waals surface area contributed by atoms with Crippen molar-refractivity contribution < 1.29 is 9.90 Å². The Morgan fingerprint density at radius 2 is 2.21 bits per heavy atom. The predicted octanol–water partition coefficient (Wildman–Crippen LogP) is 1.76. The Bertz CT molecular complexity index is 358. The van der Waals surface area contributed by atoms with Crippen molar-refractivity contribution in [1.29, 1.82) is 0 Å². The molecule has 1 aliphatic rings. The first-order valence-electron chi connectivity index (χ1n) is 4.75. The number of carbonyl (C=O) groups excluding carboxylic acids is 1. The number of hydrogen-bond acceptors (Lipinski definition) is 2. The van der Waals surface area contributed by atoms with Gasteiger partial charge in [-0.1, -0.05) is 6.07 Å². The van der Waals surface area contributed by atoms with E-state index in [0.717, 1.165) is 18.5 Å². The van der Waals surface area contributed by atoms with Crippen LogP contribution in [0.3, 0.4) is 0 Å². The number of hydrogen-bond donors (Lipinski definition) is 1. The standard InChI is InChI=1S/C11H13NO2/c1-12(11(14)8-5-6-8)9-3-2-4-10(13)7-9/h2-4,7-8,13H,5-6H2,1H3. The van der Waals surface area contributed by atoms with E-state index in [1.165, 1.54) is 0 Å². The Kier molecular flexibility index (Phi) is 2.15. The third-order valence-electron chi connectivity index (χ3n) is 2.47. The van der Waals surface area contributed by atoms with Crippen molar-refractivity contribution in [3.05, 3.63) is 24.3 Å². The molecular formula is C11H13NO2. The first-order valence-corrected chi connectivity index (χ1v) is 4.75. The Morgan fingerprint density at radius 1 is 1.50 bits per heavy atom. The van der Waals surface area contributed by atoms with Crippen LogP contribution in [0.4, 0.5) is 5.69 Å². The second-order valence-corrected chi connectivity index (χ2v) is 3.69. The smallest absolute Gasteiger partial charge is 0.229 e. The third-order valence-corrected chi connectivity index (χ3v) is 2.47. The van der Waals surface area contributed by atoms with E-state index < -0.39 is 0 Å². The second kappa shape index (κ2) is 3.33. The zero-order valence-corrected chi connectivity index (χ0v) is 8.10. The zero-order valence-electron chi connectivity index (χ0n) is 8.10. The van der Waals surface area contributed by atoms with Crippen LogP contribution in [0.1, 0.15) is 12.8 Å². The fourth-order valence-electron chi connectivity index (χ4n) is 1.43. The average molecular weight is 191 g/mol. The van der Waals surface area contributed by atoms with Gasteiger partial charge in [-0.3, -0.25) is 4.79 Å². The highest BCUT2D eigenvalue weighted by molar-refractivity contribution is 5.96. The van der Waals surface area contributed by atoms with E-state index in [0.29, 0.717) is 0 Å². The molecule has 1 aromatic carbocycles. The van der Waals surface area contributed by atoms with Crippen LogP contribution in [0.2, 0.25) is 0 Å². The number of rotatable bonds is 2. The fourth-order valence-corrected chi connectivity index (χ4v) is 1.43. The van der Waals surface area contributed by atoms with Crippen molar-refractivity contribution in [3.63, 3.8) is 0 Å². The molecule has 1 amide bonds. The van der Waals surface area contributed by atoms with E-state index in [1.54, 1.807) is 30.1 Å². The van der Waals surface area contributed by atoms with Crippen LogP contribution in [-0.4, -0.2) is 18.1 Å². The number of nitrogens with zero attached hydrogens (tertiary/aromatic N) is 1. The van der Waals surface area contributed by atoms with Gasteiger partial charge in [0, 0.05) is 24.7 Å². The van der Waals surface area contributed by atoms with Crippen molar-refractivity contribution in [3.8, 4) is 5.75 Å². The largest absolute Gasteiger partial charge is 0.508 e. The van der Waals surface area contributed by atoms with Gasteiger partial charge in [-0.05, 0) is 25.0 Å². The summed E-state index contributed by atoms with van der Waals surface area (Å²) in [6, 6.07) is 6.75. The van der Waals surface area contributed by atoms with E-state index in [2.05, 4.69) is 0 Å². The van der Waals surface area contributed by atoms with Gasteiger partial charge in [0.1, 0.15) is 5.75 Å². The van der Waals surface area contributed by atoms with Crippen molar-refractivity contribution in [2.75, 3.05) is 11.9 Å². The summed E-state index contributed by atoms with van der Waals surface area (Å²) in [7, 11) is 1.75. The molecule has 0 unspecified atom stereocenters. The molecule has 3 nitrogen and oxygen atoms in total. The number of phenols is 1. The first-order chi connectivity index (χ1) is 6.68. The van der Waals surface area contributed by atoms with E-state index in [9.17, 15) is 9.90 Å². The predicted molar refractivity (Wildman–Crippen MR) is 54.2 cm³/mol. The fraction of sp³-hybridized carbons (Fsp3) is 0.364. The van der Waals surface area contributed by atoms with Gasteiger partial charge in [0.15, 0.2) is 0 Å². The summed E-state index contributed by atoms with van der Waals surface area (Å²) in [6.07, 6.45) is 2.00. The van der Waals surface area contributed by atoms with E-state index in [4.69, 9.17) is 0 Å². The van der Waals surface area contributed by atoms with E-state index >= 15 is 0 Å². The maximum Gasteiger partial charge on any atom is 0.229 e. The molecule has 0 atom stereocenters. The van der Waals surface area contributed by atoms with Crippen LogP contribution in [0.5, 0.6) is 5.75 Å². The Balaban J connectivity index is 2.17. The zero-order chi connectivity index (χ0) is 10.1. The Morgan fingerprint density at radius 3 is 2.79 bits per heavy atom. The van der Waals surface area contributed by atoms with Crippen LogP contribution in [-0.2, 0) is 4.79 Å². The monoisotopic (exact) mass is 191 g/mol. The summed E-state index contributed by atoms with van der Waals surface area (Å²) >= 11 is 0. The highest BCUT2D eigenvalue weighted by Crippen LogP contribution is 2.32. The molecule has 0 bridgehead atoms. The molecule has 1 saturated carbocycles. The van der Waals surface area contributed by atoms with Crippen LogP contribution in [0, 0.1) is 5.92 Å². The van der Waals surface area contributed by atoms with Crippen molar-refractivity contribution >= 4 is 11.6 Å². The molecule has 0 spiro atoms. The highest BCUT2D eigenvalue weighted by atomic mass is 16.3. The lowest BCUT2D eigenvalue weighted by Crippen LogP contribution is -2.27. The molecule has 14 heavy (non-hydrogen) atoms. The van der Waals surface area contributed by atoms with Crippen LogP contribution >= 0.6 is 0 Å². The quantitative estimate of drug-likeness (QED) is 0.773. The Hall–Kier alpha value is -1.51. The number of phenolic OH excluding ortho intramolecular Hbond substituents is 1. The third kappa shape index (κ3) is 1.71. The molecule has 0 aromatic heterocycles. The summed E-state index contributed by atoms with van der Waals surface area (Å²) in [5.74, 6) is 0.552. The summed E-state index contributed by atoms with van der Waals surface area (Å²) in [5.41, 5.74) is 0.752. The number of anilines is 1. The van der Waals surface area contributed by atoms with Crippen LogP contribution in [0.15, 0.2) is 24.3 Å². The van der Waals surface area contributed by atoms with Gasteiger partial charge < -0.3 is 10.0 Å². The topological polar surface area (TPSA) is 40.5 Å². The molecule has 0 heterocycles. The van der Waals surface area contributed by atoms with Crippen LogP contribution < -0.4 is 4.90 Å². The first kappa shape index (κ1) is 9.06. The van der Waals surface area contributed by atoms with Crippen molar-refractivity contribution in [1.82, 2.24) is 0 Å². The minimum absolute atomic E-state index is 0.149. The molecule has 0 aliphatic heterocycles. The molecule has 1 aliphatic carbocycles. The molecule has 2 rings (SSSR count). The lowest BCUT2D eigenvalue weighted by Gasteiger charge is -2.16. The minimum Gasteiger partial charge on any atom is -0.508 e. The van der Waals surface area contributed by atoms with Gasteiger partial charge in [0.2, 0.25) is 5.91 Å². The molecule has 3 heteroatoms. The number of benzene rings is 1. The molecule has 1 N–H and O–H groups in total. The van der Waals surface area contributed by atoms with Gasteiger partial charge in [-0.15, -0.1) is 0 Å². The average Bonchev–Trinajstić information content (AvgIpc) is 2.99. The number of carbonyl (C=O) groups is 1. The molecule has 1 fully saturated rings. The summed E-state index contributed by atoms with van der Waals surface area (Å²) in [5, 5.41) is 9.26. The van der Waals surface area contributed by atoms with Gasteiger partial charge in [0.05, 0.1) is 0 Å². The van der Waals surface area contributed by atoms with Gasteiger partial charge in [0.25, 0.3) is 0 Å². The van der Waals surface area contributed by atoms with E-state index in [1.807, 2.05) is 6.07 Å². The normalized spacial score (nSPS) is 15.2. The van der Waals surface area contributed by atoms with Gasteiger partial charge >= 0.3 is 0 Å². The molecule has 0 radical (unpaired) electrons. The second-order valence-electron chi connectivity index (χ2n) is 3.69. The van der Waals surface area contributed by atoms with Crippen molar-refractivity contribution in [2.24, 2.45) is 5.92 Å². The van der Waals surface area contributed by atoms with E-state index in [-0.39, 0.29) is 17.6 Å². The summed E-state index contributed by atoms with van der Waals surface area (Å²) in [4.78, 5) is 13.3. The maximum absolute atomic E-state index is 11.7. The highest BCUT2D eigenvalue weighted by Gasteiger charge is 2.32. The molecule has 74 valence electrons. The molecule has 0 saturated heterocycles. The molecular weight excluding hydrogens is 178 g/mol.